The summed E-state index contributed by atoms with van der Waals surface area (Å²) in [5.74, 6) is 2.28. The average Bonchev–Trinajstić information content (AvgIpc) is 3.55. The third-order valence-corrected chi connectivity index (χ3v) is 7.53. The molecule has 0 unspecified atom stereocenters. The number of fused-ring (bicyclic) bond motifs is 1. The van der Waals surface area contributed by atoms with Crippen molar-refractivity contribution in [2.45, 2.75) is 13.8 Å². The lowest BCUT2D eigenvalue weighted by atomic mass is 9.98. The quantitative estimate of drug-likeness (QED) is 0.186. The second kappa shape index (κ2) is 11.1. The summed E-state index contributed by atoms with van der Waals surface area (Å²) in [6.07, 6.45) is 1.78. The van der Waals surface area contributed by atoms with Gasteiger partial charge in [0, 0.05) is 39.7 Å². The maximum atomic E-state index is 10.3. The van der Waals surface area contributed by atoms with Crippen molar-refractivity contribution < 1.29 is 13.9 Å². The highest BCUT2D eigenvalue weighted by molar-refractivity contribution is 5.93. The number of nitrogens with zero attached hydrogens (tertiary/aromatic N) is 3. The lowest BCUT2D eigenvalue weighted by Gasteiger charge is -2.12. The Morgan fingerprint density at radius 2 is 1.45 bits per heavy atom. The molecule has 2 heterocycles. The Morgan fingerprint density at radius 1 is 0.810 bits per heavy atom. The molecule has 0 fully saturated rings. The highest BCUT2D eigenvalue weighted by Gasteiger charge is 2.23. The van der Waals surface area contributed by atoms with Gasteiger partial charge in [0.1, 0.15) is 28.9 Å². The van der Waals surface area contributed by atoms with Gasteiger partial charge in [-0.2, -0.15) is 5.26 Å². The maximum Gasteiger partial charge on any atom is 0.238 e. The maximum absolute atomic E-state index is 10.3. The summed E-state index contributed by atoms with van der Waals surface area (Å²) < 4.78 is 19.3. The predicted octanol–water partition coefficient (Wildman–Crippen LogP) is 8.81. The first-order valence-corrected chi connectivity index (χ1v) is 13.6. The van der Waals surface area contributed by atoms with Gasteiger partial charge in [0.15, 0.2) is 0 Å². The molecule has 0 atom stereocenters. The topological polar surface area (TPSA) is 72.7 Å². The van der Waals surface area contributed by atoms with E-state index in [4.69, 9.17) is 18.9 Å². The van der Waals surface area contributed by atoms with Crippen LogP contribution in [0.1, 0.15) is 22.5 Å². The molecule has 0 aliphatic carbocycles. The van der Waals surface area contributed by atoms with E-state index in [0.29, 0.717) is 16.9 Å². The molecule has 6 rings (SSSR count). The zero-order chi connectivity index (χ0) is 29.2. The van der Waals surface area contributed by atoms with Crippen LogP contribution in [-0.4, -0.2) is 25.0 Å². The molecule has 0 spiro atoms. The van der Waals surface area contributed by atoms with Crippen molar-refractivity contribution in [1.82, 2.24) is 4.57 Å². The van der Waals surface area contributed by atoms with E-state index < -0.39 is 0 Å². The molecule has 0 saturated heterocycles. The monoisotopic (exact) mass is 551 g/mol. The number of aryl methyl sites for hydroxylation is 1. The lowest BCUT2D eigenvalue weighted by molar-refractivity contribution is 0.414. The molecule has 0 saturated carbocycles. The van der Waals surface area contributed by atoms with Crippen LogP contribution >= 0.6 is 0 Å². The van der Waals surface area contributed by atoms with E-state index in [0.717, 1.165) is 45.3 Å². The van der Waals surface area contributed by atoms with E-state index in [1.165, 1.54) is 10.8 Å². The molecule has 42 heavy (non-hydrogen) atoms. The fourth-order valence-corrected chi connectivity index (χ4v) is 5.41. The Hall–Kier alpha value is -5.54. The van der Waals surface area contributed by atoms with Crippen molar-refractivity contribution in [2.75, 3.05) is 14.2 Å². The van der Waals surface area contributed by atoms with Crippen molar-refractivity contribution in [3.05, 3.63) is 120 Å². The zero-order valence-electron chi connectivity index (χ0n) is 23.9. The van der Waals surface area contributed by atoms with Gasteiger partial charge in [0.05, 0.1) is 19.9 Å². The Balaban J connectivity index is 1.46. The van der Waals surface area contributed by atoms with Crippen LogP contribution in [0.2, 0.25) is 0 Å². The van der Waals surface area contributed by atoms with Crippen LogP contribution in [0.3, 0.4) is 0 Å². The summed E-state index contributed by atoms with van der Waals surface area (Å²) in [5, 5.41) is 12.7. The minimum Gasteiger partial charge on any atom is -0.497 e. The number of ether oxygens (including phenoxy) is 2. The number of methoxy groups -OCH3 is 2. The standard InChI is InChI=1S/C36H29N3O3/c1-23-20-28(24(2)39(23)33-11-7-9-25-8-5-6-10-31(25)33)22-38-36-32(21-37)34(26-12-16-29(40-3)17-13-26)35(42-36)27-14-18-30(41-4)19-15-27/h5-20,22H,1-4H3. The number of hydrogen-bond acceptors (Lipinski definition) is 5. The van der Waals surface area contributed by atoms with Crippen molar-refractivity contribution in [3.63, 3.8) is 0 Å². The second-order valence-electron chi connectivity index (χ2n) is 9.97. The summed E-state index contributed by atoms with van der Waals surface area (Å²) in [6, 6.07) is 34.3. The highest BCUT2D eigenvalue weighted by atomic mass is 16.5. The smallest absolute Gasteiger partial charge is 0.238 e. The first kappa shape index (κ1) is 26.7. The number of aliphatic imine (C=N–C) groups is 1. The number of aromatic nitrogens is 1. The molecular formula is C36H29N3O3. The number of hydrogen-bond donors (Lipinski definition) is 0. The fourth-order valence-electron chi connectivity index (χ4n) is 5.41. The molecule has 4 aromatic carbocycles. The Kier molecular flexibility index (Phi) is 7.08. The fraction of sp³-hybridized carbons (Fsp3) is 0.111. The van der Waals surface area contributed by atoms with E-state index in [1.807, 2.05) is 48.5 Å². The Morgan fingerprint density at radius 3 is 2.12 bits per heavy atom. The van der Waals surface area contributed by atoms with Crippen molar-refractivity contribution in [1.29, 1.82) is 5.26 Å². The van der Waals surface area contributed by atoms with Gasteiger partial charge in [-0.05, 0) is 73.3 Å². The first-order valence-electron chi connectivity index (χ1n) is 13.6. The molecular weight excluding hydrogens is 522 g/mol. The molecule has 0 amide bonds. The van der Waals surface area contributed by atoms with Crippen LogP contribution in [0, 0.1) is 25.2 Å². The van der Waals surface area contributed by atoms with E-state index in [-0.39, 0.29) is 5.88 Å². The van der Waals surface area contributed by atoms with Crippen molar-refractivity contribution in [2.24, 2.45) is 4.99 Å². The van der Waals surface area contributed by atoms with Crippen molar-refractivity contribution in [3.8, 4) is 45.7 Å². The third-order valence-electron chi connectivity index (χ3n) is 7.53. The normalized spacial score (nSPS) is 11.2. The molecule has 6 nitrogen and oxygen atoms in total. The molecule has 6 aromatic rings. The van der Waals surface area contributed by atoms with Crippen LogP contribution in [0.4, 0.5) is 5.88 Å². The molecule has 0 N–H and O–H groups in total. The molecule has 0 bridgehead atoms. The van der Waals surface area contributed by atoms with Gasteiger partial charge < -0.3 is 18.5 Å². The first-order chi connectivity index (χ1) is 20.5. The molecule has 0 radical (unpaired) electrons. The van der Waals surface area contributed by atoms with E-state index in [1.54, 1.807) is 20.4 Å². The van der Waals surface area contributed by atoms with Crippen LogP contribution in [0.25, 0.3) is 38.9 Å². The number of nitriles is 1. The van der Waals surface area contributed by atoms with Gasteiger partial charge in [-0.15, -0.1) is 0 Å². The van der Waals surface area contributed by atoms with Gasteiger partial charge in [-0.25, -0.2) is 4.99 Å². The summed E-state index contributed by atoms with van der Waals surface area (Å²) in [7, 11) is 3.25. The summed E-state index contributed by atoms with van der Waals surface area (Å²) >= 11 is 0. The largest absolute Gasteiger partial charge is 0.497 e. The van der Waals surface area contributed by atoms with E-state index in [9.17, 15) is 5.26 Å². The van der Waals surface area contributed by atoms with Gasteiger partial charge in [0.25, 0.3) is 0 Å². The van der Waals surface area contributed by atoms with E-state index >= 15 is 0 Å². The third kappa shape index (κ3) is 4.71. The minimum atomic E-state index is 0.254. The Labute approximate surface area is 244 Å². The summed E-state index contributed by atoms with van der Waals surface area (Å²) in [6.45, 7) is 4.16. The second-order valence-corrected chi connectivity index (χ2v) is 9.97. The number of rotatable bonds is 7. The molecule has 0 aliphatic rings. The van der Waals surface area contributed by atoms with Crippen molar-refractivity contribution >= 4 is 22.9 Å². The highest BCUT2D eigenvalue weighted by Crippen LogP contribution is 2.43. The Bertz CT molecular complexity index is 1970. The van der Waals surface area contributed by atoms with Gasteiger partial charge >= 0.3 is 0 Å². The van der Waals surface area contributed by atoms with Gasteiger partial charge in [0.2, 0.25) is 5.88 Å². The summed E-state index contributed by atoms with van der Waals surface area (Å²) in [4.78, 5) is 4.74. The van der Waals surface area contributed by atoms with Crippen LogP contribution in [0.5, 0.6) is 11.5 Å². The lowest BCUT2D eigenvalue weighted by Crippen LogP contribution is -2.00. The minimum absolute atomic E-state index is 0.254. The number of furan rings is 1. The molecule has 2 aromatic heterocycles. The van der Waals surface area contributed by atoms with E-state index in [2.05, 4.69) is 73.0 Å². The molecule has 206 valence electrons. The molecule has 0 aliphatic heterocycles. The zero-order valence-corrected chi connectivity index (χ0v) is 23.9. The number of benzene rings is 4. The van der Waals surface area contributed by atoms with Gasteiger partial charge in [-0.3, -0.25) is 0 Å². The van der Waals surface area contributed by atoms with Crippen LogP contribution < -0.4 is 9.47 Å². The van der Waals surface area contributed by atoms with Gasteiger partial charge in [-0.1, -0.05) is 48.5 Å². The summed E-state index contributed by atoms with van der Waals surface area (Å²) in [5.41, 5.74) is 6.88. The van der Waals surface area contributed by atoms with Crippen LogP contribution in [0.15, 0.2) is 106 Å². The predicted molar refractivity (Wildman–Crippen MR) is 167 cm³/mol. The SMILES string of the molecule is COc1ccc(-c2oc(N=Cc3cc(C)n(-c4cccc5ccccc45)c3C)c(C#N)c2-c2ccc(OC)cc2)cc1. The average molecular weight is 552 g/mol. The molecule has 6 heteroatoms. The van der Waals surface area contributed by atoms with Crippen LogP contribution in [-0.2, 0) is 0 Å².